The number of hydrogen-bond donors (Lipinski definition) is 1. The second-order valence-electron chi connectivity index (χ2n) is 6.30. The van der Waals surface area contributed by atoms with Gasteiger partial charge in [0.05, 0.1) is 19.8 Å². The zero-order chi connectivity index (χ0) is 19.8. The SMILES string of the molecule is CCOc1cc(C(=O)Nc2ccccc2C(C)C)cc(OCC)c1OCC. The Balaban J connectivity index is 2.40. The van der Waals surface area contributed by atoms with Crippen LogP contribution in [0.5, 0.6) is 17.2 Å². The van der Waals surface area contributed by atoms with Gasteiger partial charge in [0.1, 0.15) is 0 Å². The molecule has 5 heteroatoms. The van der Waals surface area contributed by atoms with Crippen LogP contribution in [-0.2, 0) is 0 Å². The maximum atomic E-state index is 12.9. The molecule has 0 atom stereocenters. The van der Waals surface area contributed by atoms with Crippen LogP contribution in [0.25, 0.3) is 0 Å². The van der Waals surface area contributed by atoms with E-state index >= 15 is 0 Å². The molecule has 0 aliphatic carbocycles. The highest BCUT2D eigenvalue weighted by atomic mass is 16.5. The minimum absolute atomic E-state index is 0.215. The number of rotatable bonds is 9. The van der Waals surface area contributed by atoms with Crippen LogP contribution in [0.2, 0.25) is 0 Å². The number of nitrogens with one attached hydrogen (secondary N) is 1. The fraction of sp³-hybridized carbons (Fsp3) is 0.409. The molecule has 0 saturated carbocycles. The topological polar surface area (TPSA) is 56.8 Å². The summed E-state index contributed by atoms with van der Waals surface area (Å²) in [5.74, 6) is 1.63. The van der Waals surface area contributed by atoms with Crippen molar-refractivity contribution in [2.24, 2.45) is 0 Å². The van der Waals surface area contributed by atoms with Crippen LogP contribution in [0.4, 0.5) is 5.69 Å². The summed E-state index contributed by atoms with van der Waals surface area (Å²) >= 11 is 0. The van der Waals surface area contributed by atoms with E-state index in [2.05, 4.69) is 19.2 Å². The van der Waals surface area contributed by atoms with Crippen LogP contribution in [0, 0.1) is 0 Å². The standard InChI is InChI=1S/C22H29NO4/c1-6-25-19-13-16(14-20(26-7-2)21(19)27-8-3)22(24)23-18-12-10-9-11-17(18)15(4)5/h9-15H,6-8H2,1-5H3,(H,23,24). The van der Waals surface area contributed by atoms with Gasteiger partial charge in [-0.2, -0.15) is 0 Å². The molecule has 0 spiro atoms. The molecule has 27 heavy (non-hydrogen) atoms. The normalized spacial score (nSPS) is 10.6. The van der Waals surface area contributed by atoms with E-state index in [1.807, 2.05) is 45.0 Å². The Morgan fingerprint density at radius 2 is 1.48 bits per heavy atom. The molecule has 146 valence electrons. The number of carbonyl (C=O) groups excluding carboxylic acids is 1. The largest absolute Gasteiger partial charge is 0.490 e. The van der Waals surface area contributed by atoms with Gasteiger partial charge in [0.25, 0.3) is 5.91 Å². The lowest BCUT2D eigenvalue weighted by atomic mass is 10.0. The van der Waals surface area contributed by atoms with E-state index in [0.29, 0.717) is 48.6 Å². The first-order valence-corrected chi connectivity index (χ1v) is 9.48. The van der Waals surface area contributed by atoms with Gasteiger partial charge in [0.15, 0.2) is 11.5 Å². The molecule has 5 nitrogen and oxygen atoms in total. The number of carbonyl (C=O) groups is 1. The fourth-order valence-corrected chi connectivity index (χ4v) is 2.83. The molecule has 2 aromatic carbocycles. The van der Waals surface area contributed by atoms with Crippen molar-refractivity contribution in [2.75, 3.05) is 25.1 Å². The number of benzene rings is 2. The van der Waals surface area contributed by atoms with Crippen molar-refractivity contribution in [1.29, 1.82) is 0 Å². The molecule has 0 aromatic heterocycles. The Kier molecular flexibility index (Phi) is 7.53. The lowest BCUT2D eigenvalue weighted by molar-refractivity contribution is 0.102. The van der Waals surface area contributed by atoms with Gasteiger partial charge in [-0.05, 0) is 50.5 Å². The summed E-state index contributed by atoms with van der Waals surface area (Å²) < 4.78 is 17.1. The number of hydrogen-bond acceptors (Lipinski definition) is 4. The summed E-state index contributed by atoms with van der Waals surface area (Å²) in [7, 11) is 0. The molecule has 1 N–H and O–H groups in total. The average molecular weight is 371 g/mol. The van der Waals surface area contributed by atoms with E-state index in [0.717, 1.165) is 11.3 Å². The van der Waals surface area contributed by atoms with E-state index in [1.54, 1.807) is 12.1 Å². The van der Waals surface area contributed by atoms with Crippen molar-refractivity contribution in [1.82, 2.24) is 0 Å². The summed E-state index contributed by atoms with van der Waals surface area (Å²) in [4.78, 5) is 12.9. The van der Waals surface area contributed by atoms with Crippen molar-refractivity contribution in [3.8, 4) is 17.2 Å². The van der Waals surface area contributed by atoms with Gasteiger partial charge in [-0.1, -0.05) is 32.0 Å². The fourth-order valence-electron chi connectivity index (χ4n) is 2.83. The Bertz CT molecular complexity index is 744. The number of ether oxygens (including phenoxy) is 3. The predicted octanol–water partition coefficient (Wildman–Crippen LogP) is 5.26. The maximum Gasteiger partial charge on any atom is 0.255 e. The Labute approximate surface area is 161 Å². The molecule has 0 heterocycles. The molecule has 0 fully saturated rings. The minimum Gasteiger partial charge on any atom is -0.490 e. The van der Waals surface area contributed by atoms with Crippen molar-refractivity contribution >= 4 is 11.6 Å². The second kappa shape index (κ2) is 9.86. The number of para-hydroxylation sites is 1. The van der Waals surface area contributed by atoms with Crippen LogP contribution < -0.4 is 19.5 Å². The summed E-state index contributed by atoms with van der Waals surface area (Å²) in [5.41, 5.74) is 2.36. The first-order valence-electron chi connectivity index (χ1n) is 9.48. The van der Waals surface area contributed by atoms with Gasteiger partial charge in [0.2, 0.25) is 5.75 Å². The summed E-state index contributed by atoms with van der Waals surface area (Å²) in [6, 6.07) is 11.2. The third kappa shape index (κ3) is 5.16. The van der Waals surface area contributed by atoms with Crippen molar-refractivity contribution in [3.05, 3.63) is 47.5 Å². The second-order valence-corrected chi connectivity index (χ2v) is 6.30. The predicted molar refractivity (Wildman–Crippen MR) is 108 cm³/mol. The zero-order valence-electron chi connectivity index (χ0n) is 16.8. The van der Waals surface area contributed by atoms with E-state index < -0.39 is 0 Å². The van der Waals surface area contributed by atoms with E-state index in [9.17, 15) is 4.79 Å². The summed E-state index contributed by atoms with van der Waals surface area (Å²) in [6.45, 7) is 11.3. The molecule has 0 bridgehead atoms. The molecule has 0 saturated heterocycles. The van der Waals surface area contributed by atoms with Gasteiger partial charge < -0.3 is 19.5 Å². The van der Waals surface area contributed by atoms with Crippen LogP contribution >= 0.6 is 0 Å². The number of amides is 1. The zero-order valence-corrected chi connectivity index (χ0v) is 16.8. The monoisotopic (exact) mass is 371 g/mol. The summed E-state index contributed by atoms with van der Waals surface area (Å²) in [6.07, 6.45) is 0. The van der Waals surface area contributed by atoms with Gasteiger partial charge in [-0.15, -0.1) is 0 Å². The Morgan fingerprint density at radius 3 is 2.00 bits per heavy atom. The van der Waals surface area contributed by atoms with Crippen LogP contribution in [0.1, 0.15) is 56.5 Å². The van der Waals surface area contributed by atoms with E-state index in [-0.39, 0.29) is 5.91 Å². The van der Waals surface area contributed by atoms with Crippen LogP contribution in [-0.4, -0.2) is 25.7 Å². The highest BCUT2D eigenvalue weighted by Crippen LogP contribution is 2.39. The molecular formula is C22H29NO4. The molecule has 1 amide bonds. The van der Waals surface area contributed by atoms with Gasteiger partial charge in [-0.3, -0.25) is 4.79 Å². The third-order valence-corrected chi connectivity index (χ3v) is 4.00. The average Bonchev–Trinajstić information content (AvgIpc) is 2.64. The molecular weight excluding hydrogens is 342 g/mol. The third-order valence-electron chi connectivity index (χ3n) is 4.00. The first-order chi connectivity index (χ1) is 13.0. The van der Waals surface area contributed by atoms with Crippen LogP contribution in [0.3, 0.4) is 0 Å². The highest BCUT2D eigenvalue weighted by Gasteiger charge is 2.19. The molecule has 0 aliphatic rings. The van der Waals surface area contributed by atoms with Gasteiger partial charge in [-0.25, -0.2) is 0 Å². The van der Waals surface area contributed by atoms with Gasteiger partial charge >= 0.3 is 0 Å². The Hall–Kier alpha value is -2.69. The maximum absolute atomic E-state index is 12.9. The Morgan fingerprint density at radius 1 is 0.926 bits per heavy atom. The van der Waals surface area contributed by atoms with E-state index in [1.165, 1.54) is 0 Å². The molecule has 0 unspecified atom stereocenters. The van der Waals surface area contributed by atoms with Gasteiger partial charge in [0, 0.05) is 11.3 Å². The van der Waals surface area contributed by atoms with Crippen LogP contribution in [0.15, 0.2) is 36.4 Å². The lowest BCUT2D eigenvalue weighted by Gasteiger charge is -2.18. The van der Waals surface area contributed by atoms with Crippen molar-refractivity contribution in [2.45, 2.75) is 40.5 Å². The quantitative estimate of drug-likeness (QED) is 0.653. The smallest absolute Gasteiger partial charge is 0.255 e. The number of anilines is 1. The molecule has 2 aromatic rings. The minimum atomic E-state index is -0.215. The molecule has 0 aliphatic heterocycles. The molecule has 0 radical (unpaired) electrons. The highest BCUT2D eigenvalue weighted by molar-refractivity contribution is 6.05. The molecule has 2 rings (SSSR count). The van der Waals surface area contributed by atoms with Crippen molar-refractivity contribution < 1.29 is 19.0 Å². The van der Waals surface area contributed by atoms with Crippen molar-refractivity contribution in [3.63, 3.8) is 0 Å². The van der Waals surface area contributed by atoms with E-state index in [4.69, 9.17) is 14.2 Å². The lowest BCUT2D eigenvalue weighted by Crippen LogP contribution is -2.14. The first kappa shape index (κ1) is 20.6. The summed E-state index contributed by atoms with van der Waals surface area (Å²) in [5, 5.41) is 3.01.